The van der Waals surface area contributed by atoms with Crippen molar-refractivity contribution in [1.29, 1.82) is 0 Å². The molecule has 0 fully saturated rings. The summed E-state index contributed by atoms with van der Waals surface area (Å²) in [5.74, 6) is 0.319. The normalized spacial score (nSPS) is 10.8. The van der Waals surface area contributed by atoms with Gasteiger partial charge in [0.2, 0.25) is 0 Å². The molecular formula is C21H23N3O3. The summed E-state index contributed by atoms with van der Waals surface area (Å²) < 4.78 is 7.16. The number of rotatable bonds is 6. The lowest BCUT2D eigenvalue weighted by Crippen LogP contribution is -2.12. The van der Waals surface area contributed by atoms with Gasteiger partial charge in [0.15, 0.2) is 0 Å². The van der Waals surface area contributed by atoms with Crippen molar-refractivity contribution in [3.8, 4) is 0 Å². The molecule has 0 saturated carbocycles. The summed E-state index contributed by atoms with van der Waals surface area (Å²) in [6.07, 6.45) is 1.82. The van der Waals surface area contributed by atoms with Crippen LogP contribution in [-0.2, 0) is 11.8 Å². The van der Waals surface area contributed by atoms with Crippen LogP contribution in [0.15, 0.2) is 42.5 Å². The third-order valence-corrected chi connectivity index (χ3v) is 4.48. The molecule has 0 unspecified atom stereocenters. The van der Waals surface area contributed by atoms with Gasteiger partial charge in [-0.05, 0) is 55.8 Å². The van der Waals surface area contributed by atoms with E-state index in [0.29, 0.717) is 23.4 Å². The molecule has 140 valence electrons. The van der Waals surface area contributed by atoms with Crippen molar-refractivity contribution in [2.45, 2.75) is 26.7 Å². The topological polar surface area (TPSA) is 73.2 Å². The maximum absolute atomic E-state index is 12.5. The van der Waals surface area contributed by atoms with Crippen LogP contribution in [0, 0.1) is 6.92 Å². The van der Waals surface area contributed by atoms with Crippen LogP contribution in [0.5, 0.6) is 0 Å². The molecule has 6 heteroatoms. The number of aromatic nitrogens is 2. The summed E-state index contributed by atoms with van der Waals surface area (Å²) in [7, 11) is 1.94. The fourth-order valence-electron chi connectivity index (χ4n) is 2.75. The number of carbonyl (C=O) groups excluding carboxylic acids is 2. The zero-order valence-electron chi connectivity index (χ0n) is 15.8. The molecule has 2 aromatic carbocycles. The van der Waals surface area contributed by atoms with Gasteiger partial charge in [-0.3, -0.25) is 4.79 Å². The SMILES string of the molecule is CCCCOC(=O)c1ccc(NC(=O)c2ccc3c(c2)nc(C)n3C)cc1. The highest BCUT2D eigenvalue weighted by molar-refractivity contribution is 6.06. The molecule has 0 aliphatic heterocycles. The molecule has 1 heterocycles. The monoisotopic (exact) mass is 365 g/mol. The molecule has 0 aliphatic rings. The highest BCUT2D eigenvalue weighted by Gasteiger charge is 2.11. The average Bonchev–Trinajstić information content (AvgIpc) is 2.96. The van der Waals surface area contributed by atoms with Crippen LogP contribution in [0.1, 0.15) is 46.3 Å². The minimum absolute atomic E-state index is 0.224. The van der Waals surface area contributed by atoms with Crippen LogP contribution in [0.3, 0.4) is 0 Å². The predicted molar refractivity (Wildman–Crippen MR) is 105 cm³/mol. The van der Waals surface area contributed by atoms with Crippen molar-refractivity contribution in [2.75, 3.05) is 11.9 Å². The lowest BCUT2D eigenvalue weighted by molar-refractivity contribution is 0.0499. The maximum Gasteiger partial charge on any atom is 0.338 e. The zero-order chi connectivity index (χ0) is 19.4. The van der Waals surface area contributed by atoms with Crippen molar-refractivity contribution >= 4 is 28.6 Å². The Hall–Kier alpha value is -3.15. The van der Waals surface area contributed by atoms with E-state index in [2.05, 4.69) is 10.3 Å². The molecule has 0 aliphatic carbocycles. The van der Waals surface area contributed by atoms with E-state index in [1.165, 1.54) is 0 Å². The molecule has 1 aromatic heterocycles. The Labute approximate surface area is 158 Å². The molecule has 0 radical (unpaired) electrons. The summed E-state index contributed by atoms with van der Waals surface area (Å²) >= 11 is 0. The van der Waals surface area contributed by atoms with E-state index in [9.17, 15) is 9.59 Å². The second-order valence-electron chi connectivity index (χ2n) is 6.44. The number of imidazole rings is 1. The quantitative estimate of drug-likeness (QED) is 0.527. The first-order valence-corrected chi connectivity index (χ1v) is 9.01. The Kier molecular flexibility index (Phi) is 5.54. The number of hydrogen-bond acceptors (Lipinski definition) is 4. The van der Waals surface area contributed by atoms with Crippen LogP contribution in [-0.4, -0.2) is 28.0 Å². The van der Waals surface area contributed by atoms with E-state index < -0.39 is 0 Å². The molecule has 27 heavy (non-hydrogen) atoms. The van der Waals surface area contributed by atoms with Crippen LogP contribution in [0.25, 0.3) is 11.0 Å². The van der Waals surface area contributed by atoms with Crippen molar-refractivity contribution in [3.63, 3.8) is 0 Å². The molecule has 6 nitrogen and oxygen atoms in total. The molecule has 1 amide bonds. The van der Waals surface area contributed by atoms with Gasteiger partial charge in [0.05, 0.1) is 23.2 Å². The second kappa shape index (κ2) is 8.03. The highest BCUT2D eigenvalue weighted by atomic mass is 16.5. The fraction of sp³-hybridized carbons (Fsp3) is 0.286. The summed E-state index contributed by atoms with van der Waals surface area (Å²) in [5.41, 5.74) is 3.38. The van der Waals surface area contributed by atoms with E-state index in [1.54, 1.807) is 36.4 Å². The Bertz CT molecular complexity index is 974. The van der Waals surface area contributed by atoms with Crippen molar-refractivity contribution < 1.29 is 14.3 Å². The van der Waals surface area contributed by atoms with Gasteiger partial charge < -0.3 is 14.6 Å². The number of esters is 1. The largest absolute Gasteiger partial charge is 0.462 e. The summed E-state index contributed by atoms with van der Waals surface area (Å²) in [4.78, 5) is 28.9. The number of amides is 1. The maximum atomic E-state index is 12.5. The molecule has 0 spiro atoms. The number of nitrogens with one attached hydrogen (secondary N) is 1. The van der Waals surface area contributed by atoms with Gasteiger partial charge in [-0.15, -0.1) is 0 Å². The lowest BCUT2D eigenvalue weighted by atomic mass is 10.1. The van der Waals surface area contributed by atoms with E-state index in [1.807, 2.05) is 31.5 Å². The third-order valence-electron chi connectivity index (χ3n) is 4.48. The van der Waals surface area contributed by atoms with E-state index >= 15 is 0 Å². The number of unbranched alkanes of at least 4 members (excludes halogenated alkanes) is 1. The first-order chi connectivity index (χ1) is 13.0. The Morgan fingerprint density at radius 1 is 1.11 bits per heavy atom. The van der Waals surface area contributed by atoms with E-state index in [4.69, 9.17) is 4.74 Å². The third kappa shape index (κ3) is 4.16. The van der Waals surface area contributed by atoms with E-state index in [-0.39, 0.29) is 11.9 Å². The van der Waals surface area contributed by atoms with Crippen molar-refractivity contribution in [2.24, 2.45) is 7.05 Å². The van der Waals surface area contributed by atoms with Crippen molar-refractivity contribution in [3.05, 3.63) is 59.4 Å². The van der Waals surface area contributed by atoms with Crippen LogP contribution in [0.4, 0.5) is 5.69 Å². The highest BCUT2D eigenvalue weighted by Crippen LogP contribution is 2.18. The van der Waals surface area contributed by atoms with Gasteiger partial charge in [0.25, 0.3) is 5.91 Å². The number of ether oxygens (including phenoxy) is 1. The summed E-state index contributed by atoms with van der Waals surface area (Å²) in [5, 5.41) is 2.84. The minimum atomic E-state index is -0.350. The Morgan fingerprint density at radius 2 is 1.81 bits per heavy atom. The Morgan fingerprint density at radius 3 is 2.52 bits per heavy atom. The van der Waals surface area contributed by atoms with Crippen LogP contribution in [0.2, 0.25) is 0 Å². The average molecular weight is 365 g/mol. The first kappa shape index (κ1) is 18.6. The molecular weight excluding hydrogens is 342 g/mol. The summed E-state index contributed by atoms with van der Waals surface area (Å²) in [6.45, 7) is 4.38. The number of nitrogens with zero attached hydrogens (tertiary/aromatic N) is 2. The van der Waals surface area contributed by atoms with Crippen LogP contribution < -0.4 is 5.32 Å². The fourth-order valence-corrected chi connectivity index (χ4v) is 2.75. The number of aryl methyl sites for hydroxylation is 2. The van der Waals surface area contributed by atoms with Crippen LogP contribution >= 0.6 is 0 Å². The minimum Gasteiger partial charge on any atom is -0.462 e. The number of anilines is 1. The summed E-state index contributed by atoms with van der Waals surface area (Å²) in [6, 6.07) is 12.1. The lowest BCUT2D eigenvalue weighted by Gasteiger charge is -2.07. The molecule has 0 atom stereocenters. The van der Waals surface area contributed by atoms with Gasteiger partial charge in [-0.1, -0.05) is 13.3 Å². The molecule has 1 N–H and O–H groups in total. The zero-order valence-corrected chi connectivity index (χ0v) is 15.8. The van der Waals surface area contributed by atoms with Gasteiger partial charge >= 0.3 is 5.97 Å². The molecule has 0 saturated heterocycles. The first-order valence-electron chi connectivity index (χ1n) is 9.01. The smallest absolute Gasteiger partial charge is 0.338 e. The number of fused-ring (bicyclic) bond motifs is 1. The van der Waals surface area contributed by atoms with Crippen molar-refractivity contribution in [1.82, 2.24) is 9.55 Å². The molecule has 3 aromatic rings. The van der Waals surface area contributed by atoms with Gasteiger partial charge in [0.1, 0.15) is 5.82 Å². The second-order valence-corrected chi connectivity index (χ2v) is 6.44. The number of benzene rings is 2. The molecule has 3 rings (SSSR count). The number of carbonyl (C=O) groups is 2. The molecule has 0 bridgehead atoms. The Balaban J connectivity index is 1.68. The predicted octanol–water partition coefficient (Wildman–Crippen LogP) is 4.09. The van der Waals surface area contributed by atoms with E-state index in [0.717, 1.165) is 29.7 Å². The van der Waals surface area contributed by atoms with Gasteiger partial charge in [-0.2, -0.15) is 0 Å². The number of hydrogen-bond donors (Lipinski definition) is 1. The van der Waals surface area contributed by atoms with Gasteiger partial charge in [-0.25, -0.2) is 9.78 Å². The standard InChI is InChI=1S/C21H23N3O3/c1-4-5-12-27-21(26)15-6-9-17(10-7-15)23-20(25)16-8-11-19-18(13-16)22-14(2)24(19)3/h6-11,13H,4-5,12H2,1-3H3,(H,23,25). The van der Waals surface area contributed by atoms with Gasteiger partial charge in [0, 0.05) is 18.3 Å².